The Balaban J connectivity index is 1.69. The maximum Gasteiger partial charge on any atom is 0.219 e. The van der Waals surface area contributed by atoms with Crippen molar-refractivity contribution in [1.29, 1.82) is 0 Å². The van der Waals surface area contributed by atoms with Gasteiger partial charge in [-0.15, -0.1) is 5.10 Å². The highest BCUT2D eigenvalue weighted by Crippen LogP contribution is 2.35. The van der Waals surface area contributed by atoms with Crippen molar-refractivity contribution >= 4 is 26.8 Å². The van der Waals surface area contributed by atoms with E-state index in [0.717, 1.165) is 32.1 Å². The number of aromatic nitrogens is 4. The van der Waals surface area contributed by atoms with E-state index in [-0.39, 0.29) is 11.9 Å². The summed E-state index contributed by atoms with van der Waals surface area (Å²) in [6.07, 6.45) is 1.86. The normalized spacial score (nSPS) is 12.1. The molecule has 3 aromatic carbocycles. The van der Waals surface area contributed by atoms with Crippen LogP contribution in [0.15, 0.2) is 89.5 Å². The summed E-state index contributed by atoms with van der Waals surface area (Å²) in [7, 11) is 1.61. The first kappa shape index (κ1) is 20.3. The number of rotatable bonds is 5. The molecule has 0 aliphatic heterocycles. The molecule has 2 heterocycles. The lowest BCUT2D eigenvalue weighted by Gasteiger charge is -2.20. The summed E-state index contributed by atoms with van der Waals surface area (Å²) in [5.41, 5.74) is 4.15. The van der Waals surface area contributed by atoms with Gasteiger partial charge in [-0.2, -0.15) is 0 Å². The van der Waals surface area contributed by atoms with Gasteiger partial charge in [-0.3, -0.25) is 0 Å². The van der Waals surface area contributed by atoms with Gasteiger partial charge in [-0.25, -0.2) is 14.1 Å². The van der Waals surface area contributed by atoms with Crippen LogP contribution in [-0.2, 0) is 0 Å². The number of pyridine rings is 1. The van der Waals surface area contributed by atoms with Gasteiger partial charge < -0.3 is 4.74 Å². The summed E-state index contributed by atoms with van der Waals surface area (Å²) in [5, 5.41) is 9.74. The summed E-state index contributed by atoms with van der Waals surface area (Å²) in [5.74, 6) is 0.231. The van der Waals surface area contributed by atoms with Crippen molar-refractivity contribution in [2.45, 2.75) is 6.04 Å². The number of ether oxygens (including phenoxy) is 1. The summed E-state index contributed by atoms with van der Waals surface area (Å²) < 4.78 is 21.8. The Morgan fingerprint density at radius 3 is 2.50 bits per heavy atom. The van der Waals surface area contributed by atoms with Gasteiger partial charge in [0.1, 0.15) is 17.6 Å². The SMILES string of the molecule is COc1nc2ccc(Br)cc2cc1C(c1ccccc1)n1cc(-c2ccc(F)cc2)nn1. The number of hydrogen-bond acceptors (Lipinski definition) is 4. The first-order valence-electron chi connectivity index (χ1n) is 9.99. The Morgan fingerprint density at radius 2 is 1.75 bits per heavy atom. The number of fused-ring (bicyclic) bond motifs is 1. The quantitative estimate of drug-likeness (QED) is 0.302. The molecule has 5 rings (SSSR count). The molecule has 32 heavy (non-hydrogen) atoms. The number of halogens is 2. The zero-order valence-electron chi connectivity index (χ0n) is 17.1. The van der Waals surface area contributed by atoms with Gasteiger partial charge in [0, 0.05) is 21.0 Å². The van der Waals surface area contributed by atoms with Crippen LogP contribution in [0.5, 0.6) is 5.88 Å². The molecule has 5 aromatic rings. The van der Waals surface area contributed by atoms with Gasteiger partial charge in [0.2, 0.25) is 5.88 Å². The molecule has 0 aliphatic carbocycles. The third-order valence-electron chi connectivity index (χ3n) is 5.29. The molecule has 0 spiro atoms. The van der Waals surface area contributed by atoms with Gasteiger partial charge in [0.25, 0.3) is 0 Å². The molecule has 0 aliphatic rings. The molecule has 0 fully saturated rings. The van der Waals surface area contributed by atoms with Crippen LogP contribution in [0.4, 0.5) is 4.39 Å². The minimum atomic E-state index is -0.316. The average Bonchev–Trinajstić information content (AvgIpc) is 3.29. The zero-order chi connectivity index (χ0) is 22.1. The molecular formula is C25H18BrFN4O. The standard InChI is InChI=1S/C25H18BrFN4O/c1-32-25-21(14-18-13-19(26)9-12-22(18)28-25)24(17-5-3-2-4-6-17)31-15-23(29-30-31)16-7-10-20(27)11-8-16/h2-15,24H,1H3. The summed E-state index contributed by atoms with van der Waals surface area (Å²) >= 11 is 3.54. The lowest BCUT2D eigenvalue weighted by molar-refractivity contribution is 0.387. The molecule has 158 valence electrons. The number of methoxy groups -OCH3 is 1. The number of hydrogen-bond donors (Lipinski definition) is 0. The summed E-state index contributed by atoms with van der Waals surface area (Å²) in [6.45, 7) is 0. The molecule has 0 radical (unpaired) electrons. The van der Waals surface area contributed by atoms with Crippen LogP contribution in [-0.4, -0.2) is 27.1 Å². The minimum absolute atomic E-state index is 0.290. The Hall–Kier alpha value is -3.58. The van der Waals surface area contributed by atoms with E-state index in [4.69, 9.17) is 9.72 Å². The lowest BCUT2D eigenvalue weighted by atomic mass is 9.98. The van der Waals surface area contributed by atoms with Gasteiger partial charge in [-0.1, -0.05) is 51.5 Å². The second-order valence-corrected chi connectivity index (χ2v) is 8.24. The first-order chi connectivity index (χ1) is 15.6. The Bertz CT molecular complexity index is 1390. The highest BCUT2D eigenvalue weighted by Gasteiger charge is 2.24. The van der Waals surface area contributed by atoms with Gasteiger partial charge in [0.05, 0.1) is 18.8 Å². The number of nitrogens with zero attached hydrogens (tertiary/aromatic N) is 4. The average molecular weight is 489 g/mol. The van der Waals surface area contributed by atoms with Gasteiger partial charge in [0.15, 0.2) is 0 Å². The molecule has 0 amide bonds. The van der Waals surface area contributed by atoms with Crippen molar-refractivity contribution in [2.75, 3.05) is 7.11 Å². The van der Waals surface area contributed by atoms with E-state index in [2.05, 4.69) is 32.3 Å². The van der Waals surface area contributed by atoms with Gasteiger partial charge in [-0.05, 0) is 54.1 Å². The van der Waals surface area contributed by atoms with Crippen LogP contribution in [0.2, 0.25) is 0 Å². The van der Waals surface area contributed by atoms with Crippen LogP contribution in [0.3, 0.4) is 0 Å². The molecule has 2 aromatic heterocycles. The van der Waals surface area contributed by atoms with Crippen LogP contribution >= 0.6 is 15.9 Å². The third-order valence-corrected chi connectivity index (χ3v) is 5.78. The Morgan fingerprint density at radius 1 is 0.969 bits per heavy atom. The van der Waals surface area contributed by atoms with E-state index in [0.29, 0.717) is 11.6 Å². The van der Waals surface area contributed by atoms with E-state index < -0.39 is 0 Å². The Labute approximate surface area is 192 Å². The molecule has 5 nitrogen and oxygen atoms in total. The first-order valence-corrected chi connectivity index (χ1v) is 10.8. The lowest BCUT2D eigenvalue weighted by Crippen LogP contribution is -2.15. The molecule has 1 atom stereocenters. The van der Waals surface area contributed by atoms with Crippen molar-refractivity contribution in [1.82, 2.24) is 20.0 Å². The molecule has 1 unspecified atom stereocenters. The molecule has 0 saturated carbocycles. The molecule has 0 bridgehead atoms. The minimum Gasteiger partial charge on any atom is -0.481 e. The van der Waals surface area contributed by atoms with E-state index >= 15 is 0 Å². The topological polar surface area (TPSA) is 52.8 Å². The van der Waals surface area contributed by atoms with Crippen LogP contribution in [0.1, 0.15) is 17.2 Å². The van der Waals surface area contributed by atoms with Crippen molar-refractivity contribution in [2.24, 2.45) is 0 Å². The zero-order valence-corrected chi connectivity index (χ0v) is 18.7. The molecule has 7 heteroatoms. The van der Waals surface area contributed by atoms with Crippen molar-refractivity contribution < 1.29 is 9.13 Å². The van der Waals surface area contributed by atoms with Crippen LogP contribution in [0, 0.1) is 5.82 Å². The van der Waals surface area contributed by atoms with Gasteiger partial charge >= 0.3 is 0 Å². The van der Waals surface area contributed by atoms with Crippen LogP contribution < -0.4 is 4.74 Å². The molecule has 0 N–H and O–H groups in total. The summed E-state index contributed by atoms with van der Waals surface area (Å²) in [6, 6.07) is 23.9. The summed E-state index contributed by atoms with van der Waals surface area (Å²) in [4.78, 5) is 4.74. The second-order valence-electron chi connectivity index (χ2n) is 7.33. The number of benzene rings is 3. The fraction of sp³-hybridized carbons (Fsp3) is 0.0800. The van der Waals surface area contributed by atoms with Crippen molar-refractivity contribution in [3.8, 4) is 17.1 Å². The fourth-order valence-corrected chi connectivity index (χ4v) is 4.15. The molecule has 0 saturated heterocycles. The predicted octanol–water partition coefficient (Wildman–Crippen LogP) is 6.04. The third kappa shape index (κ3) is 3.87. The Kier molecular flexibility index (Phi) is 5.41. The monoisotopic (exact) mass is 488 g/mol. The fourth-order valence-electron chi connectivity index (χ4n) is 3.77. The van der Waals surface area contributed by atoms with Crippen molar-refractivity contribution in [3.05, 3.63) is 106 Å². The smallest absolute Gasteiger partial charge is 0.219 e. The van der Waals surface area contributed by atoms with E-state index in [1.165, 1.54) is 12.1 Å². The molecular weight excluding hydrogens is 471 g/mol. The predicted molar refractivity (Wildman–Crippen MR) is 125 cm³/mol. The maximum absolute atomic E-state index is 13.4. The largest absolute Gasteiger partial charge is 0.481 e. The highest BCUT2D eigenvalue weighted by molar-refractivity contribution is 9.10. The highest BCUT2D eigenvalue weighted by atomic mass is 79.9. The van der Waals surface area contributed by atoms with Crippen LogP contribution in [0.25, 0.3) is 22.2 Å². The van der Waals surface area contributed by atoms with E-state index in [1.54, 1.807) is 23.9 Å². The maximum atomic E-state index is 13.4. The van der Waals surface area contributed by atoms with E-state index in [9.17, 15) is 4.39 Å². The second kappa shape index (κ2) is 8.51. The van der Waals surface area contributed by atoms with Crippen molar-refractivity contribution in [3.63, 3.8) is 0 Å². The van der Waals surface area contributed by atoms with E-state index in [1.807, 2.05) is 54.7 Å².